The molecule has 2 aromatic carbocycles. The average molecular weight is 413 g/mol. The molecule has 4 aromatic rings. The van der Waals surface area contributed by atoms with Gasteiger partial charge >= 0.3 is 0 Å². The number of amides is 1. The van der Waals surface area contributed by atoms with Gasteiger partial charge in [-0.25, -0.2) is 4.39 Å². The van der Waals surface area contributed by atoms with Crippen LogP contribution >= 0.6 is 0 Å². The van der Waals surface area contributed by atoms with Crippen molar-refractivity contribution in [1.29, 1.82) is 0 Å². The molecule has 0 N–H and O–H groups in total. The van der Waals surface area contributed by atoms with Crippen molar-refractivity contribution in [1.82, 2.24) is 14.9 Å². The van der Waals surface area contributed by atoms with Crippen LogP contribution < -0.4 is 4.74 Å². The lowest BCUT2D eigenvalue weighted by Crippen LogP contribution is -2.26. The fourth-order valence-electron chi connectivity index (χ4n) is 4.09. The van der Waals surface area contributed by atoms with Gasteiger partial charge in [0.15, 0.2) is 0 Å². The van der Waals surface area contributed by atoms with Gasteiger partial charge in [-0.15, -0.1) is 0 Å². The maximum Gasteiger partial charge on any atom is 0.255 e. The molecule has 0 bridgehead atoms. The largest absolute Gasteiger partial charge is 0.463 e. The second-order valence-corrected chi connectivity index (χ2v) is 7.43. The monoisotopic (exact) mass is 413 g/mol. The molecule has 1 amide bonds. The Morgan fingerprint density at radius 2 is 1.84 bits per heavy atom. The second kappa shape index (κ2) is 8.14. The molecule has 0 saturated carbocycles. The number of ether oxygens (including phenoxy) is 1. The van der Waals surface area contributed by atoms with E-state index in [0.717, 1.165) is 33.3 Å². The maximum absolute atomic E-state index is 13.3. The zero-order chi connectivity index (χ0) is 21.2. The molecule has 0 radical (unpaired) electrons. The minimum atomic E-state index is -0.934. The number of rotatable bonds is 6. The lowest BCUT2D eigenvalue weighted by Gasteiger charge is -2.15. The number of pyridine rings is 2. The van der Waals surface area contributed by atoms with Gasteiger partial charge in [-0.1, -0.05) is 24.3 Å². The van der Waals surface area contributed by atoms with Crippen molar-refractivity contribution in [3.8, 4) is 16.9 Å². The summed E-state index contributed by atoms with van der Waals surface area (Å²) < 4.78 is 18.1. The zero-order valence-corrected chi connectivity index (χ0v) is 16.8. The molecule has 5 rings (SSSR count). The van der Waals surface area contributed by atoms with Crippen LogP contribution in [-0.4, -0.2) is 34.2 Å². The first-order chi connectivity index (χ1) is 15.2. The Balaban J connectivity index is 1.43. The number of benzene rings is 2. The number of nitrogens with zero attached hydrogens (tertiary/aromatic N) is 3. The predicted molar refractivity (Wildman–Crippen MR) is 116 cm³/mol. The van der Waals surface area contributed by atoms with Crippen LogP contribution in [0.4, 0.5) is 4.39 Å². The highest BCUT2D eigenvalue weighted by Crippen LogP contribution is 2.38. The standard InChI is InChI=1S/C25H20FN3O2/c26-16-31-23-8-7-20(17-9-12-27-13-10-17)24-21(23)15-29(25(24)30)14-11-19-6-5-18-3-1-2-4-22(18)28-19/h1-10,12-13H,11,14-16H2. The topological polar surface area (TPSA) is 55.3 Å². The first-order valence-corrected chi connectivity index (χ1v) is 10.1. The number of fused-ring (bicyclic) bond motifs is 2. The summed E-state index contributed by atoms with van der Waals surface area (Å²) in [4.78, 5) is 23.9. The number of carbonyl (C=O) groups excluding carboxylic acids is 1. The van der Waals surface area contributed by atoms with Gasteiger partial charge in [0.2, 0.25) is 6.86 Å². The summed E-state index contributed by atoms with van der Waals surface area (Å²) in [5, 5.41) is 1.09. The van der Waals surface area contributed by atoms with Gasteiger partial charge in [-0.2, -0.15) is 0 Å². The fourth-order valence-corrected chi connectivity index (χ4v) is 4.09. The number of para-hydroxylation sites is 1. The van der Waals surface area contributed by atoms with E-state index >= 15 is 0 Å². The molecule has 0 saturated heterocycles. The second-order valence-electron chi connectivity index (χ2n) is 7.43. The molecular formula is C25H20FN3O2. The number of aromatic nitrogens is 2. The summed E-state index contributed by atoms with van der Waals surface area (Å²) in [6.45, 7) is -0.0318. The molecule has 31 heavy (non-hydrogen) atoms. The number of hydrogen-bond acceptors (Lipinski definition) is 4. The van der Waals surface area contributed by atoms with Gasteiger partial charge in [0.05, 0.1) is 17.6 Å². The molecule has 0 aliphatic carbocycles. The molecule has 2 aromatic heterocycles. The van der Waals surface area contributed by atoms with E-state index in [0.29, 0.717) is 30.8 Å². The Kier molecular flexibility index (Phi) is 5.04. The fraction of sp³-hybridized carbons (Fsp3) is 0.160. The van der Waals surface area contributed by atoms with Gasteiger partial charge in [0, 0.05) is 42.0 Å². The predicted octanol–water partition coefficient (Wildman–Crippen LogP) is 4.80. The smallest absolute Gasteiger partial charge is 0.255 e. The third-order valence-electron chi connectivity index (χ3n) is 5.62. The maximum atomic E-state index is 13.3. The van der Waals surface area contributed by atoms with Crippen molar-refractivity contribution in [2.24, 2.45) is 0 Å². The van der Waals surface area contributed by atoms with Crippen LogP contribution in [-0.2, 0) is 13.0 Å². The minimum Gasteiger partial charge on any atom is -0.463 e. The molecule has 0 atom stereocenters. The van der Waals surface area contributed by atoms with E-state index in [1.807, 2.05) is 54.6 Å². The average Bonchev–Trinajstić information content (AvgIpc) is 3.15. The first kappa shape index (κ1) is 19.2. The van der Waals surface area contributed by atoms with Crippen molar-refractivity contribution in [3.05, 3.63) is 89.9 Å². The molecule has 1 aliphatic heterocycles. The number of alkyl halides is 1. The molecule has 6 heteroatoms. The van der Waals surface area contributed by atoms with E-state index in [1.165, 1.54) is 0 Å². The molecule has 154 valence electrons. The van der Waals surface area contributed by atoms with E-state index in [9.17, 15) is 9.18 Å². The Morgan fingerprint density at radius 1 is 1.00 bits per heavy atom. The van der Waals surface area contributed by atoms with Crippen molar-refractivity contribution in [2.45, 2.75) is 13.0 Å². The Bertz CT molecular complexity index is 1260. The van der Waals surface area contributed by atoms with Gasteiger partial charge < -0.3 is 9.64 Å². The summed E-state index contributed by atoms with van der Waals surface area (Å²) in [6, 6.07) is 19.3. The van der Waals surface area contributed by atoms with Crippen LogP contribution in [0.25, 0.3) is 22.0 Å². The SMILES string of the molecule is O=C1c2c(-c3ccncc3)ccc(OCF)c2CN1CCc1ccc2ccccc2n1. The molecule has 3 heterocycles. The Morgan fingerprint density at radius 3 is 2.68 bits per heavy atom. The van der Waals surface area contributed by atoms with Gasteiger partial charge in [0.1, 0.15) is 5.75 Å². The van der Waals surface area contributed by atoms with Crippen molar-refractivity contribution < 1.29 is 13.9 Å². The molecule has 0 fully saturated rings. The van der Waals surface area contributed by atoms with Gasteiger partial charge in [-0.3, -0.25) is 14.8 Å². The lowest BCUT2D eigenvalue weighted by atomic mass is 9.97. The summed E-state index contributed by atoms with van der Waals surface area (Å²) in [7, 11) is 0. The van der Waals surface area contributed by atoms with E-state index in [2.05, 4.69) is 4.98 Å². The van der Waals surface area contributed by atoms with E-state index < -0.39 is 6.86 Å². The van der Waals surface area contributed by atoms with Crippen LogP contribution in [0, 0.1) is 0 Å². The van der Waals surface area contributed by atoms with Crippen LogP contribution in [0.1, 0.15) is 21.6 Å². The van der Waals surface area contributed by atoms with Gasteiger partial charge in [0.25, 0.3) is 5.91 Å². The van der Waals surface area contributed by atoms with Crippen LogP contribution in [0.15, 0.2) is 73.1 Å². The first-order valence-electron chi connectivity index (χ1n) is 10.1. The van der Waals surface area contributed by atoms with Crippen LogP contribution in [0.5, 0.6) is 5.75 Å². The van der Waals surface area contributed by atoms with Crippen LogP contribution in [0.3, 0.4) is 0 Å². The highest BCUT2D eigenvalue weighted by atomic mass is 19.1. The quantitative estimate of drug-likeness (QED) is 0.456. The summed E-state index contributed by atoms with van der Waals surface area (Å²) in [5.41, 5.74) is 4.86. The van der Waals surface area contributed by atoms with E-state index in [1.54, 1.807) is 23.4 Å². The summed E-state index contributed by atoms with van der Waals surface area (Å²) >= 11 is 0. The summed E-state index contributed by atoms with van der Waals surface area (Å²) in [5.74, 6) is 0.335. The lowest BCUT2D eigenvalue weighted by molar-refractivity contribution is 0.0780. The van der Waals surface area contributed by atoms with Crippen molar-refractivity contribution in [2.75, 3.05) is 13.4 Å². The molecule has 0 spiro atoms. The number of hydrogen-bond donors (Lipinski definition) is 0. The van der Waals surface area contributed by atoms with E-state index in [4.69, 9.17) is 9.72 Å². The Hall–Kier alpha value is -3.80. The van der Waals surface area contributed by atoms with Crippen LogP contribution in [0.2, 0.25) is 0 Å². The normalized spacial score (nSPS) is 12.9. The summed E-state index contributed by atoms with van der Waals surface area (Å²) in [6.07, 6.45) is 4.01. The minimum absolute atomic E-state index is 0.0769. The van der Waals surface area contributed by atoms with Crippen molar-refractivity contribution in [3.63, 3.8) is 0 Å². The zero-order valence-electron chi connectivity index (χ0n) is 16.8. The third-order valence-corrected chi connectivity index (χ3v) is 5.62. The Labute approximate surface area is 179 Å². The van der Waals surface area contributed by atoms with Crippen molar-refractivity contribution >= 4 is 16.8 Å². The highest BCUT2D eigenvalue weighted by molar-refractivity contribution is 6.05. The molecule has 0 unspecified atom stereocenters. The number of halogens is 1. The molecule has 5 nitrogen and oxygen atoms in total. The number of carbonyl (C=O) groups is 1. The highest BCUT2D eigenvalue weighted by Gasteiger charge is 2.33. The third kappa shape index (κ3) is 3.61. The molecular weight excluding hydrogens is 393 g/mol. The van der Waals surface area contributed by atoms with E-state index in [-0.39, 0.29) is 5.91 Å². The van der Waals surface area contributed by atoms with Gasteiger partial charge in [-0.05, 0) is 47.5 Å². The molecule has 1 aliphatic rings.